The summed E-state index contributed by atoms with van der Waals surface area (Å²) < 4.78 is 0. The van der Waals surface area contributed by atoms with Crippen LogP contribution < -0.4 is 5.32 Å². The number of phenolic OH excluding ortho intramolecular Hbond substituents is 2. The van der Waals surface area contributed by atoms with E-state index in [4.69, 9.17) is 0 Å². The maximum absolute atomic E-state index is 9.66. The van der Waals surface area contributed by atoms with E-state index >= 15 is 0 Å². The molecule has 0 saturated heterocycles. The number of nitrogens with zero attached hydrogens (tertiary/aromatic N) is 1. The number of hydrogen-bond donors (Lipinski definition) is 3. The van der Waals surface area contributed by atoms with Gasteiger partial charge in [-0.15, -0.1) is 0 Å². The van der Waals surface area contributed by atoms with Gasteiger partial charge in [0.2, 0.25) is 0 Å². The van der Waals surface area contributed by atoms with E-state index < -0.39 is 0 Å². The summed E-state index contributed by atoms with van der Waals surface area (Å²) in [5.41, 5.74) is 1.90. The summed E-state index contributed by atoms with van der Waals surface area (Å²) in [7, 11) is 0. The zero-order valence-corrected chi connectivity index (χ0v) is 10.2. The highest BCUT2D eigenvalue weighted by Gasteiger charge is 2.06. The third-order valence-electron chi connectivity index (χ3n) is 2.87. The lowest BCUT2D eigenvalue weighted by molar-refractivity contribution is 0.441. The minimum absolute atomic E-state index is 0.0680. The van der Waals surface area contributed by atoms with Crippen LogP contribution in [0.2, 0.25) is 0 Å². The molecule has 0 aliphatic rings. The first-order chi connectivity index (χ1) is 8.66. The summed E-state index contributed by atoms with van der Waals surface area (Å²) in [5, 5.41) is 22.2. The molecule has 0 fully saturated rings. The minimum atomic E-state index is 0.0680. The molecule has 0 saturated carbocycles. The molecule has 1 aromatic carbocycles. The second-order valence-corrected chi connectivity index (χ2v) is 4.20. The van der Waals surface area contributed by atoms with E-state index in [0.717, 1.165) is 11.1 Å². The van der Waals surface area contributed by atoms with Gasteiger partial charge in [-0.1, -0.05) is 6.07 Å². The minimum Gasteiger partial charge on any atom is -0.508 e. The van der Waals surface area contributed by atoms with E-state index in [2.05, 4.69) is 10.3 Å². The molecule has 1 aromatic heterocycles. The summed E-state index contributed by atoms with van der Waals surface area (Å²) in [6, 6.07) is 8.68. The Morgan fingerprint density at radius 3 is 2.56 bits per heavy atom. The van der Waals surface area contributed by atoms with Crippen molar-refractivity contribution in [1.29, 1.82) is 0 Å². The molecule has 4 heteroatoms. The number of rotatable bonds is 4. The Balaban J connectivity index is 1.99. The highest BCUT2D eigenvalue weighted by atomic mass is 16.3. The van der Waals surface area contributed by atoms with Crippen molar-refractivity contribution in [2.24, 2.45) is 0 Å². The summed E-state index contributed by atoms with van der Waals surface area (Å²) >= 11 is 0. The van der Waals surface area contributed by atoms with Crippen molar-refractivity contribution in [3.05, 3.63) is 53.9 Å². The van der Waals surface area contributed by atoms with Crippen LogP contribution in [0.25, 0.3) is 0 Å². The third kappa shape index (κ3) is 2.99. The number of phenols is 2. The number of pyridine rings is 1. The summed E-state index contributed by atoms with van der Waals surface area (Å²) in [6.45, 7) is 2.59. The normalized spacial score (nSPS) is 12.3. The number of hydrogen-bond acceptors (Lipinski definition) is 4. The SMILES string of the molecule is CC(NCc1ccc(O)cc1O)c1ccncc1. The predicted octanol–water partition coefficient (Wildman–Crippen LogP) is 2.34. The van der Waals surface area contributed by atoms with Crippen LogP contribution in [0.5, 0.6) is 11.5 Å². The molecule has 0 aliphatic heterocycles. The zero-order chi connectivity index (χ0) is 13.0. The van der Waals surface area contributed by atoms with Crippen LogP contribution in [0.1, 0.15) is 24.1 Å². The van der Waals surface area contributed by atoms with Gasteiger partial charge in [0.05, 0.1) is 0 Å². The molecule has 0 bridgehead atoms. The van der Waals surface area contributed by atoms with Crippen molar-refractivity contribution in [3.63, 3.8) is 0 Å². The molecule has 0 radical (unpaired) electrons. The van der Waals surface area contributed by atoms with E-state index in [0.29, 0.717) is 6.54 Å². The van der Waals surface area contributed by atoms with Gasteiger partial charge in [0.15, 0.2) is 0 Å². The number of aromatic hydroxyl groups is 2. The largest absolute Gasteiger partial charge is 0.508 e. The molecule has 94 valence electrons. The van der Waals surface area contributed by atoms with Crippen LogP contribution in [0.15, 0.2) is 42.7 Å². The van der Waals surface area contributed by atoms with E-state index in [1.54, 1.807) is 24.5 Å². The topological polar surface area (TPSA) is 65.4 Å². The zero-order valence-electron chi connectivity index (χ0n) is 10.2. The molecule has 1 unspecified atom stereocenters. The van der Waals surface area contributed by atoms with Crippen LogP contribution in [0.3, 0.4) is 0 Å². The predicted molar refractivity (Wildman–Crippen MR) is 69.3 cm³/mol. The number of benzene rings is 1. The van der Waals surface area contributed by atoms with Crippen LogP contribution >= 0.6 is 0 Å². The van der Waals surface area contributed by atoms with Crippen molar-refractivity contribution in [2.45, 2.75) is 19.5 Å². The Morgan fingerprint density at radius 1 is 1.17 bits per heavy atom. The van der Waals surface area contributed by atoms with Crippen molar-refractivity contribution in [3.8, 4) is 11.5 Å². The van der Waals surface area contributed by atoms with Gasteiger partial charge in [-0.3, -0.25) is 4.98 Å². The van der Waals surface area contributed by atoms with Crippen molar-refractivity contribution < 1.29 is 10.2 Å². The second-order valence-electron chi connectivity index (χ2n) is 4.20. The molecule has 2 aromatic rings. The maximum atomic E-state index is 9.66. The van der Waals surface area contributed by atoms with Gasteiger partial charge < -0.3 is 15.5 Å². The van der Waals surface area contributed by atoms with Crippen LogP contribution in [-0.2, 0) is 6.54 Å². The molecule has 1 heterocycles. The third-order valence-corrected chi connectivity index (χ3v) is 2.87. The quantitative estimate of drug-likeness (QED) is 0.772. The van der Waals surface area contributed by atoms with Gasteiger partial charge in [0, 0.05) is 36.6 Å². The Morgan fingerprint density at radius 2 is 1.89 bits per heavy atom. The van der Waals surface area contributed by atoms with Crippen molar-refractivity contribution >= 4 is 0 Å². The van der Waals surface area contributed by atoms with Gasteiger partial charge in [-0.25, -0.2) is 0 Å². The molecule has 0 aliphatic carbocycles. The average Bonchev–Trinajstić information content (AvgIpc) is 2.38. The summed E-state index contributed by atoms with van der Waals surface area (Å²) in [4.78, 5) is 3.97. The van der Waals surface area contributed by atoms with Crippen LogP contribution in [0.4, 0.5) is 0 Å². The Bertz CT molecular complexity index is 514. The van der Waals surface area contributed by atoms with Crippen LogP contribution in [-0.4, -0.2) is 15.2 Å². The average molecular weight is 244 g/mol. The van der Waals surface area contributed by atoms with Gasteiger partial charge in [0.25, 0.3) is 0 Å². The van der Waals surface area contributed by atoms with E-state index in [9.17, 15) is 10.2 Å². The maximum Gasteiger partial charge on any atom is 0.123 e. The van der Waals surface area contributed by atoms with Gasteiger partial charge >= 0.3 is 0 Å². The molecular formula is C14H16N2O2. The lowest BCUT2D eigenvalue weighted by atomic mass is 10.1. The molecule has 0 spiro atoms. The summed E-state index contributed by atoms with van der Waals surface area (Å²) in [6.07, 6.45) is 3.51. The van der Waals surface area contributed by atoms with Crippen molar-refractivity contribution in [1.82, 2.24) is 10.3 Å². The first-order valence-corrected chi connectivity index (χ1v) is 5.81. The van der Waals surface area contributed by atoms with Gasteiger partial charge in [-0.2, -0.15) is 0 Å². The van der Waals surface area contributed by atoms with Crippen LogP contribution in [0, 0.1) is 0 Å². The van der Waals surface area contributed by atoms with Gasteiger partial charge in [0.1, 0.15) is 11.5 Å². The van der Waals surface area contributed by atoms with Crippen molar-refractivity contribution in [2.75, 3.05) is 0 Å². The molecule has 18 heavy (non-hydrogen) atoms. The molecular weight excluding hydrogens is 228 g/mol. The van der Waals surface area contributed by atoms with E-state index in [-0.39, 0.29) is 17.5 Å². The number of nitrogens with one attached hydrogen (secondary N) is 1. The highest BCUT2D eigenvalue weighted by molar-refractivity contribution is 5.38. The standard InChI is InChI=1S/C14H16N2O2/c1-10(11-4-6-15-7-5-11)16-9-12-2-3-13(17)8-14(12)18/h2-8,10,16-18H,9H2,1H3. The lowest BCUT2D eigenvalue weighted by Crippen LogP contribution is -2.18. The lowest BCUT2D eigenvalue weighted by Gasteiger charge is -2.14. The van der Waals surface area contributed by atoms with E-state index in [1.165, 1.54) is 6.07 Å². The fourth-order valence-electron chi connectivity index (χ4n) is 1.73. The molecule has 1 atom stereocenters. The Kier molecular flexibility index (Phi) is 3.79. The first-order valence-electron chi connectivity index (χ1n) is 5.81. The highest BCUT2D eigenvalue weighted by Crippen LogP contribution is 2.23. The molecule has 0 amide bonds. The molecule has 3 N–H and O–H groups in total. The fourth-order valence-corrected chi connectivity index (χ4v) is 1.73. The molecule has 4 nitrogen and oxygen atoms in total. The molecule has 2 rings (SSSR count). The first kappa shape index (κ1) is 12.4. The Labute approximate surface area is 106 Å². The second kappa shape index (κ2) is 5.51. The van der Waals surface area contributed by atoms with Gasteiger partial charge in [-0.05, 0) is 30.7 Å². The summed E-state index contributed by atoms with van der Waals surface area (Å²) in [5.74, 6) is 0.169. The monoisotopic (exact) mass is 244 g/mol. The fraction of sp³-hybridized carbons (Fsp3) is 0.214. The smallest absolute Gasteiger partial charge is 0.123 e. The number of aromatic nitrogens is 1. The van der Waals surface area contributed by atoms with E-state index in [1.807, 2.05) is 19.1 Å². The Hall–Kier alpha value is -2.07.